The molecule has 0 amide bonds. The molecule has 70 valence electrons. The van der Waals surface area contributed by atoms with Crippen LogP contribution in [0.4, 0.5) is 0 Å². The van der Waals surface area contributed by atoms with Gasteiger partial charge in [-0.1, -0.05) is 18.7 Å². The molecule has 0 aromatic heterocycles. The van der Waals surface area contributed by atoms with Crippen LogP contribution in [-0.4, -0.2) is 6.29 Å². The van der Waals surface area contributed by atoms with Gasteiger partial charge in [-0.25, -0.2) is 0 Å². The average molecular weight is 178 g/mol. The van der Waals surface area contributed by atoms with E-state index in [1.807, 2.05) is 26.0 Å². The first kappa shape index (κ1) is 9.65. The zero-order valence-electron chi connectivity index (χ0n) is 7.99. The third kappa shape index (κ3) is 2.51. The Morgan fingerprint density at radius 1 is 1.69 bits per heavy atom. The average Bonchev–Trinajstić information content (AvgIpc) is 2.12. The van der Waals surface area contributed by atoms with Gasteiger partial charge in [0.05, 0.1) is 6.26 Å². The van der Waals surface area contributed by atoms with Crippen LogP contribution < -0.4 is 0 Å². The van der Waals surface area contributed by atoms with E-state index in [0.717, 1.165) is 11.3 Å². The van der Waals surface area contributed by atoms with E-state index in [1.165, 1.54) is 0 Å². The standard InChI is InChI=1S/C11H14O2/c1-4-6-10(7-5-2)13-11-9(3)8-12-11/h4-8,11H,1H2,2-3H3/b7-5-,10-6+. The zero-order chi connectivity index (χ0) is 9.68. The predicted octanol–water partition coefficient (Wildman–Crippen LogP) is 2.91. The molecule has 13 heavy (non-hydrogen) atoms. The number of hydrogen-bond donors (Lipinski definition) is 0. The van der Waals surface area contributed by atoms with E-state index < -0.39 is 0 Å². The summed E-state index contributed by atoms with van der Waals surface area (Å²) in [5.74, 6) is 0.759. The molecule has 0 bridgehead atoms. The second kappa shape index (κ2) is 4.55. The molecular weight excluding hydrogens is 164 g/mol. The van der Waals surface area contributed by atoms with E-state index in [9.17, 15) is 0 Å². The first-order valence-electron chi connectivity index (χ1n) is 4.22. The molecule has 1 heterocycles. The second-order valence-electron chi connectivity index (χ2n) is 2.75. The third-order valence-electron chi connectivity index (χ3n) is 1.61. The van der Waals surface area contributed by atoms with Gasteiger partial charge in [0.1, 0.15) is 5.76 Å². The van der Waals surface area contributed by atoms with Crippen molar-refractivity contribution in [3.05, 3.63) is 48.5 Å². The van der Waals surface area contributed by atoms with Crippen LogP contribution >= 0.6 is 0 Å². The molecule has 0 spiro atoms. The lowest BCUT2D eigenvalue weighted by Crippen LogP contribution is -2.23. The minimum atomic E-state index is -0.220. The molecule has 0 aromatic carbocycles. The van der Waals surface area contributed by atoms with Gasteiger partial charge in [-0.2, -0.15) is 0 Å². The molecule has 0 saturated heterocycles. The molecule has 1 rings (SSSR count). The van der Waals surface area contributed by atoms with Crippen LogP contribution in [0.1, 0.15) is 13.8 Å². The molecule has 1 unspecified atom stereocenters. The minimum Gasteiger partial charge on any atom is -0.458 e. The first-order chi connectivity index (χ1) is 6.27. The molecule has 0 saturated carbocycles. The number of allylic oxidation sites excluding steroid dienone is 4. The Morgan fingerprint density at radius 2 is 2.46 bits per heavy atom. The number of hydrogen-bond acceptors (Lipinski definition) is 2. The van der Waals surface area contributed by atoms with Gasteiger partial charge in [-0.3, -0.25) is 0 Å². The summed E-state index contributed by atoms with van der Waals surface area (Å²) < 4.78 is 10.6. The SMILES string of the molecule is C=C/C=C(\C=C/C)OC1OC=C1C. The van der Waals surface area contributed by atoms with Gasteiger partial charge in [0.2, 0.25) is 0 Å². The Morgan fingerprint density at radius 3 is 2.85 bits per heavy atom. The Hall–Kier alpha value is -1.44. The van der Waals surface area contributed by atoms with Crippen molar-refractivity contribution < 1.29 is 9.47 Å². The lowest BCUT2D eigenvalue weighted by Gasteiger charge is -2.26. The smallest absolute Gasteiger partial charge is 0.265 e. The van der Waals surface area contributed by atoms with E-state index in [0.29, 0.717) is 0 Å². The Balaban J connectivity index is 2.53. The van der Waals surface area contributed by atoms with Crippen LogP contribution in [-0.2, 0) is 9.47 Å². The summed E-state index contributed by atoms with van der Waals surface area (Å²) in [5.41, 5.74) is 1.10. The summed E-state index contributed by atoms with van der Waals surface area (Å²) in [6.07, 6.45) is 8.74. The van der Waals surface area contributed by atoms with Crippen molar-refractivity contribution in [1.29, 1.82) is 0 Å². The maximum absolute atomic E-state index is 5.49. The van der Waals surface area contributed by atoms with Crippen LogP contribution in [0.3, 0.4) is 0 Å². The van der Waals surface area contributed by atoms with Crippen LogP contribution in [0, 0.1) is 0 Å². The van der Waals surface area contributed by atoms with Gasteiger partial charge in [-0.15, -0.1) is 0 Å². The molecule has 1 atom stereocenters. The fourth-order valence-electron chi connectivity index (χ4n) is 0.919. The quantitative estimate of drug-likeness (QED) is 0.486. The van der Waals surface area contributed by atoms with Crippen molar-refractivity contribution in [2.45, 2.75) is 20.1 Å². The van der Waals surface area contributed by atoms with Crippen molar-refractivity contribution in [3.63, 3.8) is 0 Å². The molecule has 1 aliphatic heterocycles. The fraction of sp³-hybridized carbons (Fsp3) is 0.273. The highest BCUT2D eigenvalue weighted by Gasteiger charge is 2.20. The van der Waals surface area contributed by atoms with Crippen molar-refractivity contribution in [2.75, 3.05) is 0 Å². The third-order valence-corrected chi connectivity index (χ3v) is 1.61. The van der Waals surface area contributed by atoms with E-state index in [4.69, 9.17) is 9.47 Å². The van der Waals surface area contributed by atoms with Crippen LogP contribution in [0.15, 0.2) is 48.5 Å². The van der Waals surface area contributed by atoms with Gasteiger partial charge in [0.15, 0.2) is 0 Å². The van der Waals surface area contributed by atoms with E-state index in [-0.39, 0.29) is 6.29 Å². The number of ether oxygens (including phenoxy) is 2. The summed E-state index contributed by atoms with van der Waals surface area (Å²) in [6.45, 7) is 7.51. The van der Waals surface area contributed by atoms with Crippen molar-refractivity contribution in [2.24, 2.45) is 0 Å². The Labute approximate surface area is 78.9 Å². The van der Waals surface area contributed by atoms with Gasteiger partial charge < -0.3 is 9.47 Å². The largest absolute Gasteiger partial charge is 0.458 e. The van der Waals surface area contributed by atoms with Crippen LogP contribution in [0.25, 0.3) is 0 Å². The fourth-order valence-corrected chi connectivity index (χ4v) is 0.919. The minimum absolute atomic E-state index is 0.220. The summed E-state index contributed by atoms with van der Waals surface area (Å²) >= 11 is 0. The summed E-state index contributed by atoms with van der Waals surface area (Å²) in [7, 11) is 0. The Kier molecular flexibility index (Phi) is 3.38. The monoisotopic (exact) mass is 178 g/mol. The zero-order valence-corrected chi connectivity index (χ0v) is 7.99. The molecule has 0 N–H and O–H groups in total. The van der Waals surface area contributed by atoms with Crippen molar-refractivity contribution >= 4 is 0 Å². The van der Waals surface area contributed by atoms with E-state index in [2.05, 4.69) is 6.58 Å². The molecule has 1 aliphatic rings. The molecule has 2 heteroatoms. The molecule has 2 nitrogen and oxygen atoms in total. The lowest BCUT2D eigenvalue weighted by atomic mass is 10.2. The van der Waals surface area contributed by atoms with Crippen molar-refractivity contribution in [3.8, 4) is 0 Å². The van der Waals surface area contributed by atoms with Gasteiger partial charge in [-0.05, 0) is 26.0 Å². The van der Waals surface area contributed by atoms with E-state index >= 15 is 0 Å². The Bertz CT molecular complexity index is 272. The normalized spacial score (nSPS) is 21.8. The molecule has 0 fully saturated rings. The highest BCUT2D eigenvalue weighted by atomic mass is 16.7. The molecule has 0 radical (unpaired) electrons. The van der Waals surface area contributed by atoms with Gasteiger partial charge in [0.25, 0.3) is 6.29 Å². The van der Waals surface area contributed by atoms with Crippen molar-refractivity contribution in [1.82, 2.24) is 0 Å². The maximum atomic E-state index is 5.49. The van der Waals surface area contributed by atoms with Gasteiger partial charge in [0, 0.05) is 5.57 Å². The second-order valence-corrected chi connectivity index (χ2v) is 2.75. The summed E-state index contributed by atoms with van der Waals surface area (Å²) in [6, 6.07) is 0. The number of rotatable bonds is 4. The summed E-state index contributed by atoms with van der Waals surface area (Å²) in [4.78, 5) is 0. The summed E-state index contributed by atoms with van der Waals surface area (Å²) in [5, 5.41) is 0. The maximum Gasteiger partial charge on any atom is 0.265 e. The molecule has 0 aliphatic carbocycles. The van der Waals surface area contributed by atoms with Crippen LogP contribution in [0.5, 0.6) is 0 Å². The van der Waals surface area contributed by atoms with Gasteiger partial charge >= 0.3 is 0 Å². The topological polar surface area (TPSA) is 18.5 Å². The predicted molar refractivity (Wildman–Crippen MR) is 52.8 cm³/mol. The van der Waals surface area contributed by atoms with E-state index in [1.54, 1.807) is 18.4 Å². The molecule has 0 aromatic rings. The molecular formula is C11H14O2. The highest BCUT2D eigenvalue weighted by molar-refractivity contribution is 5.19. The lowest BCUT2D eigenvalue weighted by molar-refractivity contribution is -0.0768. The highest BCUT2D eigenvalue weighted by Crippen LogP contribution is 2.21. The van der Waals surface area contributed by atoms with Crippen LogP contribution in [0.2, 0.25) is 0 Å². The first-order valence-corrected chi connectivity index (χ1v) is 4.22.